The standard InChI is InChI=1S/C19H20ClN5O.CH5N.2CH3.Cs/c1-10(21)18(11-3-4-11)13-8-15(20)12(7-16(13)22)5-6-17-14(9-26)19(23-2)25-24-17;1-2;;;/h7-9,11H,3-4,21-22H2,1-2H3,(H2,23,24,25);2H2,1H3;2*1H3;/q;;2*-1;+1/b18-10-;;;;. The summed E-state index contributed by atoms with van der Waals surface area (Å²) in [5.74, 6) is 6.75. The summed E-state index contributed by atoms with van der Waals surface area (Å²) < 4.78 is 0. The van der Waals surface area contributed by atoms with Crippen molar-refractivity contribution < 1.29 is 73.7 Å². The number of aromatic amines is 1. The van der Waals surface area contributed by atoms with Crippen LogP contribution in [0.1, 0.15) is 46.9 Å². The Morgan fingerprint density at radius 1 is 1.29 bits per heavy atom. The number of allylic oxidation sites excluding steroid dienone is 2. The molecule has 1 saturated carbocycles. The molecule has 1 aliphatic carbocycles. The van der Waals surface area contributed by atoms with E-state index in [0.717, 1.165) is 29.7 Å². The first kappa shape index (κ1) is 32.3. The summed E-state index contributed by atoms with van der Waals surface area (Å²) in [5.41, 5.74) is 21.5. The topological polar surface area (TPSA) is 136 Å². The number of halogens is 1. The molecule has 1 heterocycles. The van der Waals surface area contributed by atoms with Gasteiger partial charge < -0.3 is 37.4 Å². The van der Waals surface area contributed by atoms with Crippen LogP contribution in [0, 0.1) is 32.6 Å². The molecule has 2 aromatic rings. The van der Waals surface area contributed by atoms with Gasteiger partial charge in [0.25, 0.3) is 0 Å². The predicted octanol–water partition coefficient (Wildman–Crippen LogP) is 0.478. The first-order valence-electron chi connectivity index (χ1n) is 8.83. The van der Waals surface area contributed by atoms with Gasteiger partial charge in [-0.1, -0.05) is 17.5 Å². The number of carbonyl (C=O) groups is 1. The Bertz CT molecular complexity index is 966. The summed E-state index contributed by atoms with van der Waals surface area (Å²) in [7, 11) is 3.18. The van der Waals surface area contributed by atoms with E-state index < -0.39 is 0 Å². The van der Waals surface area contributed by atoms with Gasteiger partial charge in [-0.3, -0.25) is 9.89 Å². The number of benzene rings is 1. The molecule has 9 heteroatoms. The van der Waals surface area contributed by atoms with Crippen molar-refractivity contribution in [1.29, 1.82) is 0 Å². The Morgan fingerprint density at radius 2 is 1.90 bits per heavy atom. The molecule has 0 amide bonds. The zero-order valence-electron chi connectivity index (χ0n) is 19.2. The quantitative estimate of drug-likeness (QED) is 0.159. The molecule has 0 spiro atoms. The molecular weight excluding hydrogens is 533 g/mol. The SMILES string of the molecule is CN.CNc1n[nH]c(C#Cc2cc(N)c(/C(=C(/C)N)C3CC3)cc2Cl)c1C=O.[CH3-].[CH3-].[Cs+]. The summed E-state index contributed by atoms with van der Waals surface area (Å²) >= 11 is 6.42. The smallest absolute Gasteiger partial charge is 0.402 e. The van der Waals surface area contributed by atoms with Gasteiger partial charge in [-0.25, -0.2) is 0 Å². The van der Waals surface area contributed by atoms with Crippen LogP contribution in [0.25, 0.3) is 5.57 Å². The van der Waals surface area contributed by atoms with Crippen LogP contribution in [-0.4, -0.2) is 30.6 Å². The molecule has 3 rings (SSSR count). The number of aldehydes is 1. The van der Waals surface area contributed by atoms with E-state index in [0.29, 0.717) is 45.6 Å². The second kappa shape index (κ2) is 15.0. The number of aromatic nitrogens is 2. The van der Waals surface area contributed by atoms with E-state index >= 15 is 0 Å². The van der Waals surface area contributed by atoms with Gasteiger partial charge >= 0.3 is 68.9 Å². The number of nitrogens with one attached hydrogen (secondary N) is 2. The Kier molecular flexibility index (Phi) is 15.7. The molecule has 164 valence electrons. The molecule has 0 unspecified atom stereocenters. The van der Waals surface area contributed by atoms with E-state index in [4.69, 9.17) is 23.1 Å². The van der Waals surface area contributed by atoms with Crippen LogP contribution in [0.15, 0.2) is 17.8 Å². The van der Waals surface area contributed by atoms with Crippen molar-refractivity contribution in [1.82, 2.24) is 10.2 Å². The molecular formula is C22H31ClCsN6O-. The Hall–Kier alpha value is -0.898. The van der Waals surface area contributed by atoms with Gasteiger partial charge in [0.1, 0.15) is 5.69 Å². The number of hydrogen-bond donors (Lipinski definition) is 5. The molecule has 0 aliphatic heterocycles. The van der Waals surface area contributed by atoms with Gasteiger partial charge in [0.05, 0.1) is 10.6 Å². The molecule has 1 aliphatic rings. The number of hydrogen-bond acceptors (Lipinski definition) is 6. The van der Waals surface area contributed by atoms with Gasteiger partial charge in [0, 0.05) is 29.6 Å². The van der Waals surface area contributed by atoms with Crippen LogP contribution in [0.2, 0.25) is 5.02 Å². The van der Waals surface area contributed by atoms with Gasteiger partial charge in [-0.05, 0) is 56.4 Å². The third-order valence-electron chi connectivity index (χ3n) is 4.32. The molecule has 0 bridgehead atoms. The number of nitrogens with zero attached hydrogens (tertiary/aromatic N) is 1. The Balaban J connectivity index is 0. The number of H-pyrrole nitrogens is 1. The number of nitrogens with two attached hydrogens (primary N) is 3. The molecule has 0 saturated heterocycles. The molecule has 1 aromatic carbocycles. The van der Waals surface area contributed by atoms with Gasteiger partial charge in [-0.15, -0.1) is 0 Å². The third-order valence-corrected chi connectivity index (χ3v) is 4.63. The van der Waals surface area contributed by atoms with Gasteiger partial charge in [0.2, 0.25) is 0 Å². The normalized spacial score (nSPS) is 12.2. The largest absolute Gasteiger partial charge is 1.00 e. The molecule has 1 aromatic heterocycles. The fourth-order valence-corrected chi connectivity index (χ4v) is 3.14. The van der Waals surface area contributed by atoms with Gasteiger partial charge in [0.15, 0.2) is 12.1 Å². The molecule has 31 heavy (non-hydrogen) atoms. The first-order valence-corrected chi connectivity index (χ1v) is 9.20. The van der Waals surface area contributed by atoms with Crippen molar-refractivity contribution in [2.45, 2.75) is 19.8 Å². The Morgan fingerprint density at radius 3 is 2.39 bits per heavy atom. The molecule has 0 radical (unpaired) electrons. The van der Waals surface area contributed by atoms with Crippen molar-refractivity contribution in [3.05, 3.63) is 60.1 Å². The van der Waals surface area contributed by atoms with Crippen molar-refractivity contribution in [2.75, 3.05) is 25.1 Å². The molecule has 8 N–H and O–H groups in total. The van der Waals surface area contributed by atoms with E-state index in [9.17, 15) is 4.79 Å². The Labute approximate surface area is 249 Å². The van der Waals surface area contributed by atoms with E-state index in [1.807, 2.05) is 13.0 Å². The minimum Gasteiger partial charge on any atom is -0.402 e. The van der Waals surface area contributed by atoms with Crippen molar-refractivity contribution in [2.24, 2.45) is 17.4 Å². The number of anilines is 2. The average molecular weight is 564 g/mol. The summed E-state index contributed by atoms with van der Waals surface area (Å²) in [5, 5.41) is 10.0. The van der Waals surface area contributed by atoms with Crippen LogP contribution < -0.4 is 91.4 Å². The van der Waals surface area contributed by atoms with E-state index in [-0.39, 0.29) is 83.7 Å². The summed E-state index contributed by atoms with van der Waals surface area (Å²) in [6.45, 7) is 1.88. The molecule has 1 fully saturated rings. The minimum atomic E-state index is 0. The number of nitrogen functional groups attached to an aromatic ring is 1. The maximum atomic E-state index is 11.2. The first-order chi connectivity index (χ1) is 13.5. The van der Waals surface area contributed by atoms with Crippen molar-refractivity contribution in [3.8, 4) is 11.8 Å². The summed E-state index contributed by atoms with van der Waals surface area (Å²) in [4.78, 5) is 11.2. The van der Waals surface area contributed by atoms with Crippen LogP contribution in [0.5, 0.6) is 0 Å². The fraction of sp³-hybridized carbons (Fsp3) is 0.273. The van der Waals surface area contributed by atoms with Crippen molar-refractivity contribution >= 4 is 35.0 Å². The van der Waals surface area contributed by atoms with Crippen LogP contribution >= 0.6 is 11.6 Å². The second-order valence-corrected chi connectivity index (χ2v) is 6.68. The predicted molar refractivity (Wildman–Crippen MR) is 128 cm³/mol. The monoisotopic (exact) mass is 563 g/mol. The van der Waals surface area contributed by atoms with Crippen molar-refractivity contribution in [3.63, 3.8) is 0 Å². The van der Waals surface area contributed by atoms with E-state index in [1.54, 1.807) is 13.1 Å². The average Bonchev–Trinajstić information content (AvgIpc) is 3.43. The fourth-order valence-electron chi connectivity index (χ4n) is 2.93. The maximum absolute atomic E-state index is 11.2. The van der Waals surface area contributed by atoms with Crippen LogP contribution in [0.3, 0.4) is 0 Å². The molecule has 0 atom stereocenters. The molecule has 7 nitrogen and oxygen atoms in total. The van der Waals surface area contributed by atoms with E-state index in [2.05, 4.69) is 33.1 Å². The zero-order chi connectivity index (χ0) is 20.8. The summed E-state index contributed by atoms with van der Waals surface area (Å²) in [6, 6.07) is 3.56. The van der Waals surface area contributed by atoms with E-state index in [1.165, 1.54) is 7.05 Å². The third kappa shape index (κ3) is 7.87. The minimum absolute atomic E-state index is 0. The number of carbonyl (C=O) groups excluding carboxylic acids is 1. The zero-order valence-corrected chi connectivity index (χ0v) is 26.2. The maximum Gasteiger partial charge on any atom is 1.00 e. The van der Waals surface area contributed by atoms with Crippen LogP contribution in [0.4, 0.5) is 11.5 Å². The summed E-state index contributed by atoms with van der Waals surface area (Å²) in [6.07, 6.45) is 2.93. The van der Waals surface area contributed by atoms with Crippen LogP contribution in [-0.2, 0) is 0 Å². The second-order valence-electron chi connectivity index (χ2n) is 6.27. The number of rotatable bonds is 4. The van der Waals surface area contributed by atoms with Gasteiger partial charge in [-0.2, -0.15) is 5.10 Å².